The zero-order valence-electron chi connectivity index (χ0n) is 20.7. The minimum atomic E-state index is 0.0517. The summed E-state index contributed by atoms with van der Waals surface area (Å²) in [6, 6.07) is 8.32. The number of carbonyl (C=O) groups is 1. The monoisotopic (exact) mass is 462 g/mol. The number of nitrogens with two attached hydrogens (primary N) is 1. The molecule has 1 atom stereocenters. The van der Waals surface area contributed by atoms with Gasteiger partial charge in [-0.25, -0.2) is 0 Å². The molecule has 1 rings (SSSR count). The summed E-state index contributed by atoms with van der Waals surface area (Å²) in [6.45, 7) is 0.561. The van der Waals surface area contributed by atoms with E-state index in [0.717, 1.165) is 18.5 Å². The Morgan fingerprint density at radius 1 is 0.656 bits per heavy atom. The fourth-order valence-electron chi connectivity index (χ4n) is 4.19. The van der Waals surface area contributed by atoms with Gasteiger partial charge in [-0.05, 0) is 56.1 Å². The lowest BCUT2D eigenvalue weighted by Gasteiger charge is -2.07. The van der Waals surface area contributed by atoms with Crippen molar-refractivity contribution in [3.63, 3.8) is 0 Å². The minimum Gasteiger partial charge on any atom is -0.330 e. The highest BCUT2D eigenvalue weighted by Crippen LogP contribution is 2.16. The molecule has 0 heterocycles. The maximum absolute atomic E-state index is 11.7. The molecular formula is C28H51N2OP. The van der Waals surface area contributed by atoms with Gasteiger partial charge in [0, 0.05) is 12.1 Å². The van der Waals surface area contributed by atoms with Crippen molar-refractivity contribution in [1.29, 1.82) is 0 Å². The Morgan fingerprint density at radius 2 is 1.09 bits per heavy atom. The van der Waals surface area contributed by atoms with Gasteiger partial charge in [0.25, 0.3) is 0 Å². The largest absolute Gasteiger partial charge is 0.330 e. The van der Waals surface area contributed by atoms with Gasteiger partial charge in [0.05, 0.1) is 0 Å². The van der Waals surface area contributed by atoms with Gasteiger partial charge in [-0.1, -0.05) is 102 Å². The van der Waals surface area contributed by atoms with E-state index < -0.39 is 0 Å². The molecule has 0 aromatic heterocycles. The van der Waals surface area contributed by atoms with Gasteiger partial charge in [0.2, 0.25) is 5.91 Å². The van der Waals surface area contributed by atoms with Gasteiger partial charge in [-0.3, -0.25) is 4.79 Å². The van der Waals surface area contributed by atoms with Crippen LogP contribution in [0.2, 0.25) is 0 Å². The number of benzene rings is 1. The molecule has 0 aliphatic rings. The number of unbranched alkanes of at least 4 members (excludes halogenated alkanes) is 15. The van der Waals surface area contributed by atoms with Crippen molar-refractivity contribution in [2.45, 2.75) is 122 Å². The van der Waals surface area contributed by atoms with Crippen LogP contribution in [-0.2, 0) is 11.2 Å². The fraction of sp³-hybridized carbons (Fsp3) is 0.750. The maximum atomic E-state index is 11.7. The Balaban J connectivity index is 1.86. The number of rotatable bonds is 22. The molecule has 0 fully saturated rings. The number of carbonyl (C=O) groups excluding carboxylic acids is 1. The van der Waals surface area contributed by atoms with Crippen LogP contribution in [0, 0.1) is 0 Å². The van der Waals surface area contributed by atoms with Crippen LogP contribution in [0.5, 0.6) is 0 Å². The summed E-state index contributed by atoms with van der Waals surface area (Å²) in [4.78, 5) is 11.7. The SMILES string of the molecule is NCCCC(=O)Nc1ccc(CCCCCCCCCCCCCCCCCCP)cc1. The standard InChI is InChI=1S/C28H51N2OP/c29-24-17-19-28(31)30-27-22-20-26(21-23-27)18-15-13-11-9-7-5-3-1-2-4-6-8-10-12-14-16-25-32/h20-23H,1-19,24-25,29,32H2,(H,30,31). The first kappa shape index (κ1) is 29.1. The van der Waals surface area contributed by atoms with Crippen molar-refractivity contribution in [3.8, 4) is 0 Å². The van der Waals surface area contributed by atoms with Crippen LogP contribution in [0.25, 0.3) is 0 Å². The van der Waals surface area contributed by atoms with Crippen molar-refractivity contribution in [1.82, 2.24) is 0 Å². The molecule has 4 heteroatoms. The molecular weight excluding hydrogens is 411 g/mol. The van der Waals surface area contributed by atoms with E-state index in [2.05, 4.69) is 26.7 Å². The predicted molar refractivity (Wildman–Crippen MR) is 146 cm³/mol. The lowest BCUT2D eigenvalue weighted by Crippen LogP contribution is -2.13. The van der Waals surface area contributed by atoms with E-state index in [1.807, 2.05) is 12.1 Å². The average molecular weight is 463 g/mol. The average Bonchev–Trinajstić information content (AvgIpc) is 2.80. The van der Waals surface area contributed by atoms with Gasteiger partial charge in [-0.2, -0.15) is 0 Å². The zero-order valence-corrected chi connectivity index (χ0v) is 21.9. The molecule has 1 unspecified atom stereocenters. The lowest BCUT2D eigenvalue weighted by atomic mass is 10.0. The van der Waals surface area contributed by atoms with Crippen LogP contribution in [0.1, 0.15) is 121 Å². The van der Waals surface area contributed by atoms with Gasteiger partial charge < -0.3 is 11.1 Å². The smallest absolute Gasteiger partial charge is 0.224 e. The second-order valence-corrected chi connectivity index (χ2v) is 9.91. The van der Waals surface area contributed by atoms with E-state index in [-0.39, 0.29) is 5.91 Å². The van der Waals surface area contributed by atoms with Crippen molar-refractivity contribution < 1.29 is 4.79 Å². The highest BCUT2D eigenvalue weighted by Gasteiger charge is 2.02. The third kappa shape index (κ3) is 17.6. The second kappa shape index (κ2) is 21.9. The second-order valence-electron chi connectivity index (χ2n) is 9.33. The predicted octanol–water partition coefficient (Wildman–Crippen LogP) is 8.02. The first-order valence-electron chi connectivity index (χ1n) is 13.5. The molecule has 0 spiro atoms. The van der Waals surface area contributed by atoms with Crippen molar-refractivity contribution in [3.05, 3.63) is 29.8 Å². The maximum Gasteiger partial charge on any atom is 0.224 e. The summed E-state index contributed by atoms with van der Waals surface area (Å²) < 4.78 is 0. The molecule has 3 nitrogen and oxygen atoms in total. The Kier molecular flexibility index (Phi) is 19.9. The summed E-state index contributed by atoms with van der Waals surface area (Å²) in [5.41, 5.74) is 7.70. The highest BCUT2D eigenvalue weighted by molar-refractivity contribution is 7.16. The Bertz CT molecular complexity index is 547. The van der Waals surface area contributed by atoms with Crippen LogP contribution in [0.4, 0.5) is 5.69 Å². The molecule has 1 aromatic rings. The minimum absolute atomic E-state index is 0.0517. The van der Waals surface area contributed by atoms with Crippen molar-refractivity contribution in [2.24, 2.45) is 5.73 Å². The fourth-order valence-corrected chi connectivity index (χ4v) is 4.48. The molecule has 0 aliphatic carbocycles. The normalized spacial score (nSPS) is 11.1. The number of hydrogen-bond donors (Lipinski definition) is 2. The van der Waals surface area contributed by atoms with E-state index in [9.17, 15) is 4.79 Å². The topological polar surface area (TPSA) is 55.1 Å². The first-order valence-corrected chi connectivity index (χ1v) is 14.4. The van der Waals surface area contributed by atoms with E-state index in [4.69, 9.17) is 5.73 Å². The Hall–Kier alpha value is -0.920. The Labute approximate surface area is 201 Å². The molecule has 1 aromatic carbocycles. The summed E-state index contributed by atoms with van der Waals surface area (Å²) in [5.74, 6) is 0.0517. The summed E-state index contributed by atoms with van der Waals surface area (Å²) in [5, 5.41) is 2.93. The van der Waals surface area contributed by atoms with E-state index in [1.54, 1.807) is 0 Å². The van der Waals surface area contributed by atoms with Gasteiger partial charge >= 0.3 is 0 Å². The molecule has 0 saturated carbocycles. The molecule has 0 radical (unpaired) electrons. The van der Waals surface area contributed by atoms with Crippen molar-refractivity contribution in [2.75, 3.05) is 18.0 Å². The van der Waals surface area contributed by atoms with Gasteiger partial charge in [0.15, 0.2) is 0 Å². The number of nitrogens with one attached hydrogen (secondary N) is 1. The lowest BCUT2D eigenvalue weighted by molar-refractivity contribution is -0.116. The van der Waals surface area contributed by atoms with Gasteiger partial charge in [0.1, 0.15) is 0 Å². The molecule has 0 aliphatic heterocycles. The number of aryl methyl sites for hydroxylation is 1. The molecule has 3 N–H and O–H groups in total. The zero-order chi connectivity index (χ0) is 23.1. The number of anilines is 1. The summed E-state index contributed by atoms with van der Waals surface area (Å²) in [6.07, 6.45) is 26.2. The third-order valence-electron chi connectivity index (χ3n) is 6.27. The van der Waals surface area contributed by atoms with Crippen LogP contribution < -0.4 is 11.1 Å². The van der Waals surface area contributed by atoms with Crippen LogP contribution in [0.3, 0.4) is 0 Å². The van der Waals surface area contributed by atoms with E-state index >= 15 is 0 Å². The molecule has 1 amide bonds. The summed E-state index contributed by atoms with van der Waals surface area (Å²) in [7, 11) is 2.83. The van der Waals surface area contributed by atoms with E-state index in [0.29, 0.717) is 13.0 Å². The number of hydrogen-bond acceptors (Lipinski definition) is 2. The highest BCUT2D eigenvalue weighted by atomic mass is 31.0. The number of amides is 1. The molecule has 0 bridgehead atoms. The molecule has 184 valence electrons. The first-order chi connectivity index (χ1) is 15.8. The summed E-state index contributed by atoms with van der Waals surface area (Å²) >= 11 is 0. The van der Waals surface area contributed by atoms with Crippen LogP contribution in [-0.4, -0.2) is 18.6 Å². The Morgan fingerprint density at radius 3 is 1.53 bits per heavy atom. The van der Waals surface area contributed by atoms with E-state index in [1.165, 1.54) is 114 Å². The van der Waals surface area contributed by atoms with Crippen LogP contribution in [0.15, 0.2) is 24.3 Å². The third-order valence-corrected chi connectivity index (χ3v) is 6.67. The van der Waals surface area contributed by atoms with Crippen LogP contribution >= 0.6 is 9.24 Å². The van der Waals surface area contributed by atoms with Crippen molar-refractivity contribution >= 4 is 20.8 Å². The molecule has 0 saturated heterocycles. The molecule has 32 heavy (non-hydrogen) atoms. The van der Waals surface area contributed by atoms with Gasteiger partial charge in [-0.15, -0.1) is 9.24 Å². The quantitative estimate of drug-likeness (QED) is 0.135.